The Balaban J connectivity index is 1.66. The summed E-state index contributed by atoms with van der Waals surface area (Å²) in [6.07, 6.45) is 0. The largest absolute Gasteiger partial charge is 0.485 e. The lowest BCUT2D eigenvalue weighted by Crippen LogP contribution is -2.09. The monoisotopic (exact) mass is 471 g/mol. The van der Waals surface area contributed by atoms with Crippen LogP contribution in [0.4, 0.5) is 11.6 Å². The molecule has 0 atom stereocenters. The minimum absolute atomic E-state index is 0.146. The fourth-order valence-electron chi connectivity index (χ4n) is 3.92. The molecule has 5 rings (SSSR count). The predicted molar refractivity (Wildman–Crippen MR) is 131 cm³/mol. The Hall–Kier alpha value is -4.40. The van der Waals surface area contributed by atoms with Crippen molar-refractivity contribution in [2.24, 2.45) is 0 Å². The van der Waals surface area contributed by atoms with Crippen LogP contribution in [0.1, 0.15) is 40.0 Å². The van der Waals surface area contributed by atoms with Gasteiger partial charge in [0, 0.05) is 5.69 Å². The van der Waals surface area contributed by atoms with E-state index in [2.05, 4.69) is 15.5 Å². The van der Waals surface area contributed by atoms with Crippen molar-refractivity contribution in [3.8, 4) is 5.75 Å². The van der Waals surface area contributed by atoms with E-state index in [0.29, 0.717) is 34.1 Å². The van der Waals surface area contributed by atoms with E-state index in [1.54, 1.807) is 18.2 Å². The van der Waals surface area contributed by atoms with Crippen molar-refractivity contribution in [3.05, 3.63) is 76.8 Å². The molecule has 0 aliphatic rings. The molecule has 0 radical (unpaired) electrons. The molecule has 35 heavy (non-hydrogen) atoms. The van der Waals surface area contributed by atoms with Crippen molar-refractivity contribution in [1.82, 2.24) is 19.6 Å². The van der Waals surface area contributed by atoms with Crippen LogP contribution in [0.2, 0.25) is 0 Å². The molecule has 3 aromatic heterocycles. The molecular weight excluding hydrogens is 446 g/mol. The highest BCUT2D eigenvalue weighted by molar-refractivity contribution is 6.09. The van der Waals surface area contributed by atoms with Crippen LogP contribution in [0.15, 0.2) is 52.9 Å². The fourth-order valence-corrected chi connectivity index (χ4v) is 3.92. The maximum absolute atomic E-state index is 12.7. The average Bonchev–Trinajstić information content (AvgIpc) is 3.40. The predicted octanol–water partition coefficient (Wildman–Crippen LogP) is 5.30. The van der Waals surface area contributed by atoms with Gasteiger partial charge < -0.3 is 19.2 Å². The van der Waals surface area contributed by atoms with Gasteiger partial charge in [-0.25, -0.2) is 9.20 Å². The number of hydrogen-bond acceptors (Lipinski definition) is 8. The Labute approximate surface area is 201 Å². The summed E-state index contributed by atoms with van der Waals surface area (Å²) >= 11 is 0. The maximum atomic E-state index is 12.7. The third kappa shape index (κ3) is 4.16. The van der Waals surface area contributed by atoms with Crippen molar-refractivity contribution in [3.63, 3.8) is 0 Å². The molecule has 0 fully saturated rings. The molecule has 3 heterocycles. The van der Waals surface area contributed by atoms with E-state index in [4.69, 9.17) is 18.9 Å². The third-order valence-electron chi connectivity index (χ3n) is 5.68. The second-order valence-electron chi connectivity index (χ2n) is 8.19. The summed E-state index contributed by atoms with van der Waals surface area (Å²) in [6.45, 7) is 7.85. The number of benzene rings is 2. The SMILES string of the molecule is CCOC(=O)c1c(C)oc2nc(Nc3ccc(C)cc3)n3c(COc4ccccc4C)nnc3c12. The molecule has 0 aliphatic carbocycles. The molecule has 0 amide bonds. The van der Waals surface area contributed by atoms with Crippen LogP contribution in [-0.2, 0) is 11.3 Å². The summed E-state index contributed by atoms with van der Waals surface area (Å²) in [5, 5.41) is 12.6. The number of esters is 1. The molecular formula is C26H25N5O4. The molecule has 0 saturated carbocycles. The van der Waals surface area contributed by atoms with E-state index in [1.165, 1.54) is 0 Å². The van der Waals surface area contributed by atoms with Crippen molar-refractivity contribution >= 4 is 34.4 Å². The molecule has 0 saturated heterocycles. The highest BCUT2D eigenvalue weighted by Crippen LogP contribution is 2.32. The highest BCUT2D eigenvalue weighted by atomic mass is 16.5. The fraction of sp³-hybridized carbons (Fsp3) is 0.231. The zero-order valence-electron chi connectivity index (χ0n) is 20.0. The topological polar surface area (TPSA) is 104 Å². The Morgan fingerprint density at radius 3 is 2.57 bits per heavy atom. The summed E-state index contributed by atoms with van der Waals surface area (Å²) in [4.78, 5) is 17.4. The van der Waals surface area contributed by atoms with Gasteiger partial charge in [-0.05, 0) is 51.5 Å². The number of carbonyl (C=O) groups is 1. The number of anilines is 2. The molecule has 5 aromatic rings. The number of para-hydroxylation sites is 1. The molecule has 0 spiro atoms. The first-order valence-corrected chi connectivity index (χ1v) is 11.3. The Bertz CT molecular complexity index is 1540. The van der Waals surface area contributed by atoms with E-state index >= 15 is 0 Å². The minimum Gasteiger partial charge on any atom is -0.485 e. The third-order valence-corrected chi connectivity index (χ3v) is 5.68. The van der Waals surface area contributed by atoms with Gasteiger partial charge in [0.25, 0.3) is 0 Å². The molecule has 2 aromatic carbocycles. The first-order chi connectivity index (χ1) is 17.0. The van der Waals surface area contributed by atoms with Gasteiger partial charge in [0.2, 0.25) is 11.7 Å². The Morgan fingerprint density at radius 2 is 1.83 bits per heavy atom. The van der Waals surface area contributed by atoms with E-state index in [9.17, 15) is 4.79 Å². The quantitative estimate of drug-likeness (QED) is 0.319. The summed E-state index contributed by atoms with van der Waals surface area (Å²) in [7, 11) is 0. The molecule has 178 valence electrons. The van der Waals surface area contributed by atoms with Gasteiger partial charge in [0.1, 0.15) is 29.1 Å². The zero-order valence-corrected chi connectivity index (χ0v) is 20.0. The lowest BCUT2D eigenvalue weighted by atomic mass is 10.2. The van der Waals surface area contributed by atoms with Crippen molar-refractivity contribution < 1.29 is 18.7 Å². The van der Waals surface area contributed by atoms with Gasteiger partial charge >= 0.3 is 5.97 Å². The number of nitrogens with zero attached hydrogens (tertiary/aromatic N) is 4. The maximum Gasteiger partial charge on any atom is 0.342 e. The van der Waals surface area contributed by atoms with Crippen LogP contribution < -0.4 is 10.1 Å². The molecule has 1 N–H and O–H groups in total. The molecule has 0 bridgehead atoms. The normalized spacial score (nSPS) is 11.2. The van der Waals surface area contributed by atoms with Gasteiger partial charge in [-0.3, -0.25) is 0 Å². The van der Waals surface area contributed by atoms with Crippen molar-refractivity contribution in [2.75, 3.05) is 11.9 Å². The number of furan rings is 1. The first kappa shape index (κ1) is 22.4. The zero-order chi connectivity index (χ0) is 24.5. The van der Waals surface area contributed by atoms with Crippen LogP contribution in [0.25, 0.3) is 16.7 Å². The number of fused-ring (bicyclic) bond motifs is 3. The van der Waals surface area contributed by atoms with Gasteiger partial charge in [-0.2, -0.15) is 4.98 Å². The lowest BCUT2D eigenvalue weighted by molar-refractivity contribution is 0.0526. The van der Waals surface area contributed by atoms with E-state index in [0.717, 1.165) is 22.6 Å². The number of rotatable bonds is 7. The van der Waals surface area contributed by atoms with Gasteiger partial charge in [0.15, 0.2) is 11.5 Å². The Morgan fingerprint density at radius 1 is 1.06 bits per heavy atom. The number of hydrogen-bond donors (Lipinski definition) is 1. The van der Waals surface area contributed by atoms with Crippen LogP contribution in [0.5, 0.6) is 5.75 Å². The molecule has 9 nitrogen and oxygen atoms in total. The summed E-state index contributed by atoms with van der Waals surface area (Å²) in [5.41, 5.74) is 3.97. The van der Waals surface area contributed by atoms with Crippen molar-refractivity contribution in [2.45, 2.75) is 34.3 Å². The van der Waals surface area contributed by atoms with Gasteiger partial charge in [-0.1, -0.05) is 35.9 Å². The standard InChI is InChI=1S/C26H25N5O4/c1-5-33-25(32)21-17(4)35-24-22(21)23-30-29-20(14-34-19-9-7-6-8-16(19)3)31(23)26(28-24)27-18-12-10-15(2)11-13-18/h6-13H,5,14H2,1-4H3,(H,27,28). The van der Waals surface area contributed by atoms with E-state index in [-0.39, 0.29) is 18.9 Å². The average molecular weight is 472 g/mol. The number of nitrogens with one attached hydrogen (secondary N) is 1. The molecule has 0 aliphatic heterocycles. The second kappa shape index (κ2) is 9.09. The molecule has 9 heteroatoms. The second-order valence-corrected chi connectivity index (χ2v) is 8.19. The Kier molecular flexibility index (Phi) is 5.82. The summed E-state index contributed by atoms with van der Waals surface area (Å²) in [5.74, 6) is 1.61. The number of ether oxygens (including phenoxy) is 2. The number of aryl methyl sites for hydroxylation is 3. The van der Waals surface area contributed by atoms with Crippen LogP contribution in [0.3, 0.4) is 0 Å². The van der Waals surface area contributed by atoms with Crippen LogP contribution in [0, 0.1) is 20.8 Å². The minimum atomic E-state index is -0.493. The van der Waals surface area contributed by atoms with Crippen molar-refractivity contribution in [1.29, 1.82) is 0 Å². The van der Waals surface area contributed by atoms with Crippen LogP contribution >= 0.6 is 0 Å². The van der Waals surface area contributed by atoms with Gasteiger partial charge in [0.05, 0.1) is 6.61 Å². The van der Waals surface area contributed by atoms with E-state index < -0.39 is 5.97 Å². The van der Waals surface area contributed by atoms with Crippen LogP contribution in [-0.4, -0.2) is 32.2 Å². The lowest BCUT2D eigenvalue weighted by Gasteiger charge is -2.12. The summed E-state index contributed by atoms with van der Waals surface area (Å²) in [6, 6.07) is 15.7. The number of carbonyl (C=O) groups excluding carboxylic acids is 1. The number of aromatic nitrogens is 4. The summed E-state index contributed by atoms with van der Waals surface area (Å²) < 4.78 is 18.9. The molecule has 0 unspecified atom stereocenters. The first-order valence-electron chi connectivity index (χ1n) is 11.3. The smallest absolute Gasteiger partial charge is 0.342 e. The van der Waals surface area contributed by atoms with Gasteiger partial charge in [-0.15, -0.1) is 10.2 Å². The highest BCUT2D eigenvalue weighted by Gasteiger charge is 2.27. The van der Waals surface area contributed by atoms with E-state index in [1.807, 2.05) is 62.4 Å².